The van der Waals surface area contributed by atoms with E-state index >= 15 is 0 Å². The number of aromatic nitrogens is 2. The standard InChI is InChI=1S/C21H23N3O3S2/c1-12-13(2)29-21-19(12)20(22-14(3)23-21)28-11-18(25)24(4)10-15-5-6-16-17(9-15)27-8-7-26-16/h5-6,9H,7-8,10-11H2,1-4H3. The van der Waals surface area contributed by atoms with Crippen LogP contribution in [0.5, 0.6) is 11.5 Å². The minimum Gasteiger partial charge on any atom is -0.486 e. The van der Waals surface area contributed by atoms with E-state index in [9.17, 15) is 4.79 Å². The number of hydrogen-bond donors (Lipinski definition) is 0. The molecule has 0 radical (unpaired) electrons. The van der Waals surface area contributed by atoms with Gasteiger partial charge < -0.3 is 14.4 Å². The number of carbonyl (C=O) groups excluding carboxylic acids is 1. The van der Waals surface area contributed by atoms with Crippen LogP contribution in [0.15, 0.2) is 23.2 Å². The average Bonchev–Trinajstić information content (AvgIpc) is 2.99. The van der Waals surface area contributed by atoms with Crippen LogP contribution >= 0.6 is 23.1 Å². The molecule has 0 bridgehead atoms. The number of aryl methyl sites for hydroxylation is 3. The van der Waals surface area contributed by atoms with E-state index in [1.54, 1.807) is 16.2 Å². The number of nitrogens with zero attached hydrogens (tertiary/aromatic N) is 3. The molecule has 152 valence electrons. The zero-order valence-corrected chi connectivity index (χ0v) is 18.6. The van der Waals surface area contributed by atoms with Crippen molar-refractivity contribution in [2.45, 2.75) is 32.3 Å². The minimum absolute atomic E-state index is 0.0545. The molecule has 0 saturated heterocycles. The van der Waals surface area contributed by atoms with E-state index in [2.05, 4.69) is 23.8 Å². The van der Waals surface area contributed by atoms with Crippen LogP contribution in [0.2, 0.25) is 0 Å². The van der Waals surface area contributed by atoms with Gasteiger partial charge in [-0.2, -0.15) is 0 Å². The molecule has 29 heavy (non-hydrogen) atoms. The molecule has 0 atom stereocenters. The molecular weight excluding hydrogens is 406 g/mol. The summed E-state index contributed by atoms with van der Waals surface area (Å²) in [5.41, 5.74) is 2.21. The first-order chi connectivity index (χ1) is 13.9. The summed E-state index contributed by atoms with van der Waals surface area (Å²) < 4.78 is 11.2. The van der Waals surface area contributed by atoms with E-state index in [0.29, 0.717) is 25.5 Å². The highest BCUT2D eigenvalue weighted by Crippen LogP contribution is 2.35. The van der Waals surface area contributed by atoms with Crippen LogP contribution in [-0.4, -0.2) is 46.8 Å². The van der Waals surface area contributed by atoms with E-state index in [-0.39, 0.29) is 5.91 Å². The normalized spacial score (nSPS) is 13.0. The molecule has 0 spiro atoms. The highest BCUT2D eigenvalue weighted by molar-refractivity contribution is 8.00. The van der Waals surface area contributed by atoms with Crippen LogP contribution in [0.4, 0.5) is 0 Å². The largest absolute Gasteiger partial charge is 0.486 e. The summed E-state index contributed by atoms with van der Waals surface area (Å²) in [7, 11) is 1.82. The third kappa shape index (κ3) is 4.18. The summed E-state index contributed by atoms with van der Waals surface area (Å²) in [5.74, 6) is 2.62. The molecule has 1 aliphatic rings. The number of hydrogen-bond acceptors (Lipinski definition) is 7. The van der Waals surface area contributed by atoms with Gasteiger partial charge in [0.2, 0.25) is 5.91 Å². The van der Waals surface area contributed by atoms with Crippen molar-refractivity contribution in [3.05, 3.63) is 40.0 Å². The fourth-order valence-corrected chi connectivity index (χ4v) is 5.42. The molecule has 1 aromatic carbocycles. The van der Waals surface area contributed by atoms with Crippen molar-refractivity contribution in [3.8, 4) is 11.5 Å². The fraction of sp³-hybridized carbons (Fsp3) is 0.381. The van der Waals surface area contributed by atoms with Crippen molar-refractivity contribution < 1.29 is 14.3 Å². The smallest absolute Gasteiger partial charge is 0.233 e. The van der Waals surface area contributed by atoms with Crippen LogP contribution in [0.3, 0.4) is 0 Å². The number of thiophene rings is 1. The number of ether oxygens (including phenoxy) is 2. The fourth-order valence-electron chi connectivity index (χ4n) is 3.21. The molecule has 0 N–H and O–H groups in total. The number of benzene rings is 1. The van der Waals surface area contributed by atoms with E-state index in [1.807, 2.05) is 32.2 Å². The first kappa shape index (κ1) is 20.0. The maximum Gasteiger partial charge on any atom is 0.233 e. The second-order valence-corrected chi connectivity index (χ2v) is 9.22. The average molecular weight is 430 g/mol. The Morgan fingerprint density at radius 1 is 1.17 bits per heavy atom. The molecule has 2 aromatic heterocycles. The van der Waals surface area contributed by atoms with Gasteiger partial charge in [0, 0.05) is 23.9 Å². The second kappa shape index (κ2) is 8.20. The monoisotopic (exact) mass is 429 g/mol. The lowest BCUT2D eigenvalue weighted by Gasteiger charge is -2.21. The van der Waals surface area contributed by atoms with Gasteiger partial charge in [0.15, 0.2) is 11.5 Å². The van der Waals surface area contributed by atoms with Crippen molar-refractivity contribution in [2.24, 2.45) is 0 Å². The highest BCUT2D eigenvalue weighted by Gasteiger charge is 2.18. The van der Waals surface area contributed by atoms with Crippen LogP contribution in [0.25, 0.3) is 10.2 Å². The molecule has 0 unspecified atom stereocenters. The number of amides is 1. The van der Waals surface area contributed by atoms with Crippen LogP contribution in [0, 0.1) is 20.8 Å². The Balaban J connectivity index is 1.44. The molecule has 4 rings (SSSR count). The number of fused-ring (bicyclic) bond motifs is 2. The Morgan fingerprint density at radius 2 is 1.93 bits per heavy atom. The molecule has 3 aromatic rings. The first-order valence-corrected chi connectivity index (χ1v) is 11.2. The summed E-state index contributed by atoms with van der Waals surface area (Å²) in [5, 5.41) is 1.96. The third-order valence-electron chi connectivity index (χ3n) is 4.89. The van der Waals surface area contributed by atoms with Crippen molar-refractivity contribution >= 4 is 39.2 Å². The summed E-state index contributed by atoms with van der Waals surface area (Å²) in [6, 6.07) is 5.82. The van der Waals surface area contributed by atoms with Gasteiger partial charge in [-0.25, -0.2) is 9.97 Å². The third-order valence-corrected chi connectivity index (χ3v) is 6.95. The van der Waals surface area contributed by atoms with Crippen LogP contribution in [-0.2, 0) is 11.3 Å². The molecule has 6 nitrogen and oxygen atoms in total. The Morgan fingerprint density at radius 3 is 2.72 bits per heavy atom. The van der Waals surface area contributed by atoms with Gasteiger partial charge in [-0.05, 0) is 44.0 Å². The maximum atomic E-state index is 12.7. The Labute approximate surface area is 178 Å². The molecule has 3 heterocycles. The predicted molar refractivity (Wildman–Crippen MR) is 116 cm³/mol. The maximum absolute atomic E-state index is 12.7. The molecule has 0 fully saturated rings. The zero-order chi connectivity index (χ0) is 20.5. The Hall–Kier alpha value is -2.32. The van der Waals surface area contributed by atoms with Gasteiger partial charge in [-0.1, -0.05) is 17.8 Å². The minimum atomic E-state index is 0.0545. The lowest BCUT2D eigenvalue weighted by molar-refractivity contribution is -0.127. The van der Waals surface area contributed by atoms with Crippen molar-refractivity contribution in [3.63, 3.8) is 0 Å². The lowest BCUT2D eigenvalue weighted by atomic mass is 10.2. The summed E-state index contributed by atoms with van der Waals surface area (Å²) >= 11 is 3.16. The van der Waals surface area contributed by atoms with E-state index < -0.39 is 0 Å². The quantitative estimate of drug-likeness (QED) is 0.449. The zero-order valence-electron chi connectivity index (χ0n) is 16.9. The summed E-state index contributed by atoms with van der Waals surface area (Å²) in [4.78, 5) is 25.8. The van der Waals surface area contributed by atoms with Gasteiger partial charge in [0.05, 0.1) is 5.75 Å². The second-order valence-electron chi connectivity index (χ2n) is 7.06. The summed E-state index contributed by atoms with van der Waals surface area (Å²) in [6.07, 6.45) is 0. The number of carbonyl (C=O) groups is 1. The van der Waals surface area contributed by atoms with Crippen molar-refractivity contribution in [2.75, 3.05) is 26.0 Å². The Kier molecular flexibility index (Phi) is 5.65. The predicted octanol–water partition coefficient (Wildman–Crippen LogP) is 4.14. The van der Waals surface area contributed by atoms with Crippen LogP contribution < -0.4 is 9.47 Å². The van der Waals surface area contributed by atoms with Gasteiger partial charge in [0.25, 0.3) is 0 Å². The van der Waals surface area contributed by atoms with Gasteiger partial charge in [-0.3, -0.25) is 4.79 Å². The van der Waals surface area contributed by atoms with Gasteiger partial charge >= 0.3 is 0 Å². The van der Waals surface area contributed by atoms with Gasteiger partial charge in [0.1, 0.15) is 28.9 Å². The van der Waals surface area contributed by atoms with E-state index in [1.165, 1.54) is 22.2 Å². The molecule has 1 aliphatic heterocycles. The Bertz CT molecular complexity index is 1080. The molecule has 0 saturated carbocycles. The number of thioether (sulfide) groups is 1. The lowest BCUT2D eigenvalue weighted by Crippen LogP contribution is -2.28. The van der Waals surface area contributed by atoms with Crippen LogP contribution in [0.1, 0.15) is 21.8 Å². The number of rotatable bonds is 5. The SMILES string of the molecule is Cc1nc(SCC(=O)N(C)Cc2ccc3c(c2)OCCO3)c2c(C)c(C)sc2n1. The van der Waals surface area contributed by atoms with Crippen molar-refractivity contribution in [1.82, 2.24) is 14.9 Å². The van der Waals surface area contributed by atoms with Crippen molar-refractivity contribution in [1.29, 1.82) is 0 Å². The van der Waals surface area contributed by atoms with Gasteiger partial charge in [-0.15, -0.1) is 11.3 Å². The molecule has 8 heteroatoms. The molecule has 0 aliphatic carbocycles. The van der Waals surface area contributed by atoms with E-state index in [0.717, 1.165) is 38.1 Å². The topological polar surface area (TPSA) is 64.6 Å². The van der Waals surface area contributed by atoms with E-state index in [4.69, 9.17) is 9.47 Å². The summed E-state index contributed by atoms with van der Waals surface area (Å²) in [6.45, 7) is 7.72. The first-order valence-electron chi connectivity index (χ1n) is 9.42. The molecule has 1 amide bonds. The molecular formula is C21H23N3O3S2. The highest BCUT2D eigenvalue weighted by atomic mass is 32.2.